The molecule has 0 N–H and O–H groups in total. The van der Waals surface area contributed by atoms with Crippen LogP contribution in [0.3, 0.4) is 0 Å². The Morgan fingerprint density at radius 2 is 0.956 bits per heavy atom. The number of hydrogen-bond donors (Lipinski definition) is 0. The summed E-state index contributed by atoms with van der Waals surface area (Å²) in [5.41, 5.74) is 28.7. The fourth-order valence-electron chi connectivity index (χ4n) is 11.5. The summed E-state index contributed by atoms with van der Waals surface area (Å²) in [5.74, 6) is 0. The summed E-state index contributed by atoms with van der Waals surface area (Å²) in [6, 6.07) is 73.1. The van der Waals surface area contributed by atoms with E-state index < -0.39 is 0 Å². The zero-order valence-electron chi connectivity index (χ0n) is 40.8. The van der Waals surface area contributed by atoms with Crippen LogP contribution < -0.4 is 15.8 Å². The maximum atomic E-state index is 2.65. The van der Waals surface area contributed by atoms with Gasteiger partial charge < -0.3 is 4.90 Å². The van der Waals surface area contributed by atoms with Gasteiger partial charge in [0.2, 0.25) is 0 Å². The minimum Gasteiger partial charge on any atom is -0.311 e. The molecule has 0 aromatic heterocycles. The van der Waals surface area contributed by atoms with Gasteiger partial charge in [0, 0.05) is 17.1 Å². The van der Waals surface area contributed by atoms with Crippen molar-refractivity contribution in [1.82, 2.24) is 0 Å². The second-order valence-electron chi connectivity index (χ2n) is 20.9. The molecule has 1 aliphatic carbocycles. The molecule has 11 rings (SSSR count). The number of nitrogens with zero attached hydrogens (tertiary/aromatic N) is 1. The highest BCUT2D eigenvalue weighted by Crippen LogP contribution is 2.50. The summed E-state index contributed by atoms with van der Waals surface area (Å²) in [7, 11) is 0.816. The Hall–Kier alpha value is -7.16. The van der Waals surface area contributed by atoms with Crippen LogP contribution in [0.15, 0.2) is 194 Å². The molecule has 0 radical (unpaired) electrons. The lowest BCUT2D eigenvalue weighted by molar-refractivity contribution is 0.332. The molecule has 9 aromatic rings. The molecule has 1 heterocycles. The van der Waals surface area contributed by atoms with E-state index in [1.165, 1.54) is 135 Å². The van der Waals surface area contributed by atoms with E-state index in [1.807, 2.05) is 0 Å². The first-order valence-corrected chi connectivity index (χ1v) is 24.6. The van der Waals surface area contributed by atoms with Crippen LogP contribution in [0.5, 0.6) is 0 Å². The van der Waals surface area contributed by atoms with Crippen LogP contribution in [0.2, 0.25) is 0 Å². The first-order valence-electron chi connectivity index (χ1n) is 24.6. The summed E-state index contributed by atoms with van der Waals surface area (Å²) < 4.78 is 0. The molecule has 0 fully saturated rings. The number of hydrogen-bond acceptors (Lipinski definition) is 1. The third-order valence-corrected chi connectivity index (χ3v) is 15.4. The van der Waals surface area contributed by atoms with E-state index in [0.29, 0.717) is 0 Å². The van der Waals surface area contributed by atoms with Crippen molar-refractivity contribution in [1.29, 1.82) is 0 Å². The van der Waals surface area contributed by atoms with Crippen molar-refractivity contribution < 1.29 is 0 Å². The van der Waals surface area contributed by atoms with E-state index in [2.05, 4.69) is 247 Å². The largest absolute Gasteiger partial charge is 0.311 e. The Balaban J connectivity index is 1.19. The number of fused-ring (bicyclic) bond motifs is 3. The number of benzene rings is 9. The molecular weight excluding hydrogens is 818 g/mol. The summed E-state index contributed by atoms with van der Waals surface area (Å²) >= 11 is 0. The van der Waals surface area contributed by atoms with Gasteiger partial charge in [-0.25, -0.2) is 0 Å². The molecule has 332 valence electrons. The van der Waals surface area contributed by atoms with Crippen molar-refractivity contribution in [2.75, 3.05) is 4.90 Å². The van der Waals surface area contributed by atoms with E-state index in [1.54, 1.807) is 0 Å². The van der Waals surface area contributed by atoms with Gasteiger partial charge in [-0.05, 0) is 175 Å². The van der Waals surface area contributed by atoms with Crippen molar-refractivity contribution in [2.24, 2.45) is 0 Å². The number of rotatable bonds is 8. The Morgan fingerprint density at radius 3 is 1.59 bits per heavy atom. The summed E-state index contributed by atoms with van der Waals surface area (Å²) in [6.45, 7) is 16.7. The Morgan fingerprint density at radius 1 is 0.412 bits per heavy atom. The Bertz CT molecular complexity index is 3340. The van der Waals surface area contributed by atoms with Crippen LogP contribution in [0.1, 0.15) is 79.5 Å². The fraction of sp³-hybridized carbons (Fsp3) is 0.182. The highest BCUT2D eigenvalue weighted by molar-refractivity contribution is 6.73. The maximum Gasteiger partial charge on any atom is 0.198 e. The van der Waals surface area contributed by atoms with Gasteiger partial charge in [-0.2, -0.15) is 0 Å². The van der Waals surface area contributed by atoms with E-state index >= 15 is 0 Å². The summed E-state index contributed by atoms with van der Waals surface area (Å²) in [4.78, 5) is 2.65. The van der Waals surface area contributed by atoms with Crippen LogP contribution in [0, 0.1) is 20.8 Å². The van der Waals surface area contributed by atoms with Crippen molar-refractivity contribution >= 4 is 35.3 Å². The zero-order valence-corrected chi connectivity index (χ0v) is 40.8. The van der Waals surface area contributed by atoms with Gasteiger partial charge in [-0.3, -0.25) is 0 Å². The van der Waals surface area contributed by atoms with E-state index in [-0.39, 0.29) is 10.8 Å². The molecular formula is C66H60BN. The highest BCUT2D eigenvalue weighted by atomic mass is 15.2. The fourth-order valence-corrected chi connectivity index (χ4v) is 11.5. The van der Waals surface area contributed by atoms with Crippen LogP contribution in [0.25, 0.3) is 55.6 Å². The van der Waals surface area contributed by atoms with Gasteiger partial charge in [-0.15, -0.1) is 0 Å². The molecule has 0 unspecified atom stereocenters. The standard InChI is InChI=1S/C66H60BN/c1-43-19-17-20-44(2)63(43)54-39-56(55-31-29-51(48-24-13-9-14-25-48)38-53(55)37-46-21-18-28-50(36-46)47-22-11-8-12-23-47)64-62(41-54)68(60-32-30-52(40-59(60)67-64)49-26-15-10-16-27-49)61-42-58-57(35-45(61)3)65(4,5)33-34-66(58,6)7/h8-32,35-36,38-42,67H,33-34,37H2,1-7H3. The lowest BCUT2D eigenvalue weighted by atomic mass is 9.57. The molecule has 0 amide bonds. The first kappa shape index (κ1) is 43.4. The monoisotopic (exact) mass is 877 g/mol. The molecule has 1 aliphatic heterocycles. The highest BCUT2D eigenvalue weighted by Gasteiger charge is 2.39. The number of anilines is 3. The molecule has 0 saturated carbocycles. The zero-order chi connectivity index (χ0) is 46.7. The quantitative estimate of drug-likeness (QED) is 0.138. The van der Waals surface area contributed by atoms with Crippen molar-refractivity contribution in [3.05, 3.63) is 233 Å². The van der Waals surface area contributed by atoms with Crippen LogP contribution in [-0.2, 0) is 17.3 Å². The minimum atomic E-state index is 0.0599. The van der Waals surface area contributed by atoms with Crippen molar-refractivity contribution in [3.63, 3.8) is 0 Å². The normalized spacial score (nSPS) is 14.4. The predicted molar refractivity (Wildman–Crippen MR) is 293 cm³/mol. The molecule has 0 atom stereocenters. The van der Waals surface area contributed by atoms with Gasteiger partial charge in [-0.1, -0.05) is 203 Å². The first-order chi connectivity index (χ1) is 32.9. The van der Waals surface area contributed by atoms with E-state index in [0.717, 1.165) is 13.7 Å². The van der Waals surface area contributed by atoms with Gasteiger partial charge in [0.05, 0.1) is 0 Å². The topological polar surface area (TPSA) is 3.24 Å². The molecule has 68 heavy (non-hydrogen) atoms. The maximum absolute atomic E-state index is 2.65. The molecule has 0 spiro atoms. The SMILES string of the molecule is Cc1cc2c(cc1N1c3ccc(-c4ccccc4)cc3Bc3c(-c4ccc(-c5ccccc5)cc4Cc4cccc(-c5ccccc5)c4)cc(-c4c(C)cccc4C)cc31)C(C)(C)CCC2(C)C. The third kappa shape index (κ3) is 7.90. The second kappa shape index (κ2) is 17.2. The van der Waals surface area contributed by atoms with Crippen LogP contribution in [-0.4, -0.2) is 7.28 Å². The number of aryl methyl sites for hydroxylation is 3. The van der Waals surface area contributed by atoms with Gasteiger partial charge >= 0.3 is 0 Å². The lowest BCUT2D eigenvalue weighted by Gasteiger charge is -2.44. The summed E-state index contributed by atoms with van der Waals surface area (Å²) in [5, 5.41) is 0. The predicted octanol–water partition coefficient (Wildman–Crippen LogP) is 16.1. The molecule has 9 aromatic carbocycles. The van der Waals surface area contributed by atoms with Gasteiger partial charge in [0.25, 0.3) is 0 Å². The molecule has 0 saturated heterocycles. The minimum absolute atomic E-state index is 0.0599. The van der Waals surface area contributed by atoms with E-state index in [9.17, 15) is 0 Å². The van der Waals surface area contributed by atoms with Gasteiger partial charge in [0.1, 0.15) is 0 Å². The second-order valence-corrected chi connectivity index (χ2v) is 20.9. The molecule has 2 aliphatic rings. The summed E-state index contributed by atoms with van der Waals surface area (Å²) in [6.07, 6.45) is 3.15. The van der Waals surface area contributed by atoms with Gasteiger partial charge in [0.15, 0.2) is 7.28 Å². The van der Waals surface area contributed by atoms with Crippen molar-refractivity contribution in [3.8, 4) is 55.6 Å². The van der Waals surface area contributed by atoms with Crippen molar-refractivity contribution in [2.45, 2.75) is 78.6 Å². The Kier molecular flexibility index (Phi) is 11.0. The smallest absolute Gasteiger partial charge is 0.198 e. The average molecular weight is 878 g/mol. The lowest BCUT2D eigenvalue weighted by Crippen LogP contribution is -2.41. The van der Waals surface area contributed by atoms with E-state index in [4.69, 9.17) is 0 Å². The third-order valence-electron chi connectivity index (χ3n) is 15.4. The Labute approximate surface area is 405 Å². The molecule has 2 heteroatoms. The van der Waals surface area contributed by atoms with Crippen LogP contribution >= 0.6 is 0 Å². The molecule has 0 bridgehead atoms. The average Bonchev–Trinajstić information content (AvgIpc) is 3.35. The molecule has 1 nitrogen and oxygen atoms in total. The van der Waals surface area contributed by atoms with Crippen LogP contribution in [0.4, 0.5) is 17.1 Å².